The number of rotatable bonds is 7. The fourth-order valence-corrected chi connectivity index (χ4v) is 4.20. The van der Waals surface area contributed by atoms with Crippen molar-refractivity contribution in [3.63, 3.8) is 0 Å². The fourth-order valence-electron chi connectivity index (χ4n) is 3.26. The Hall–Kier alpha value is -1.89. The van der Waals surface area contributed by atoms with Gasteiger partial charge in [-0.3, -0.25) is 4.79 Å². The van der Waals surface area contributed by atoms with Gasteiger partial charge in [-0.1, -0.05) is 54.9 Å². The first-order chi connectivity index (χ1) is 12.2. The van der Waals surface area contributed by atoms with E-state index in [1.54, 1.807) is 0 Å². The van der Waals surface area contributed by atoms with E-state index in [9.17, 15) is 4.79 Å². The quantitative estimate of drug-likeness (QED) is 0.710. The van der Waals surface area contributed by atoms with E-state index >= 15 is 0 Å². The van der Waals surface area contributed by atoms with Crippen molar-refractivity contribution in [1.82, 2.24) is 25.1 Å². The van der Waals surface area contributed by atoms with Crippen LogP contribution in [0.4, 0.5) is 0 Å². The van der Waals surface area contributed by atoms with Crippen LogP contribution in [0, 0.1) is 0 Å². The minimum absolute atomic E-state index is 0.123. The summed E-state index contributed by atoms with van der Waals surface area (Å²) in [5.41, 5.74) is 1.14. The molecule has 0 aliphatic heterocycles. The molecule has 134 valence electrons. The van der Waals surface area contributed by atoms with Gasteiger partial charge in [-0.25, -0.2) is 4.68 Å². The van der Waals surface area contributed by atoms with Crippen LogP contribution in [0.1, 0.15) is 51.1 Å². The smallest absolute Gasteiger partial charge is 0.236 e. The van der Waals surface area contributed by atoms with E-state index in [0.29, 0.717) is 19.1 Å². The molecule has 1 heterocycles. The molecule has 0 spiro atoms. The lowest BCUT2D eigenvalue weighted by Crippen LogP contribution is -2.36. The SMILES string of the molecule is CCN(Cc1ccccc1)C(=O)C(C)Sc1nnnn1C1CCCC1. The second-order valence-corrected chi connectivity index (χ2v) is 7.75. The van der Waals surface area contributed by atoms with Crippen molar-refractivity contribution in [3.05, 3.63) is 35.9 Å². The van der Waals surface area contributed by atoms with Gasteiger partial charge in [0.15, 0.2) is 0 Å². The molecule has 1 aliphatic carbocycles. The minimum atomic E-state index is -0.213. The van der Waals surface area contributed by atoms with Crippen molar-refractivity contribution >= 4 is 17.7 Å². The lowest BCUT2D eigenvalue weighted by molar-refractivity contribution is -0.130. The average Bonchev–Trinajstić information content (AvgIpc) is 3.31. The number of nitrogens with zero attached hydrogens (tertiary/aromatic N) is 5. The molecule has 1 unspecified atom stereocenters. The van der Waals surface area contributed by atoms with Crippen LogP contribution in [0.2, 0.25) is 0 Å². The van der Waals surface area contributed by atoms with Gasteiger partial charge in [0.2, 0.25) is 11.1 Å². The molecule has 7 heteroatoms. The van der Waals surface area contributed by atoms with Gasteiger partial charge in [0.1, 0.15) is 0 Å². The predicted octanol–water partition coefficient (Wildman–Crippen LogP) is 3.32. The third-order valence-electron chi connectivity index (χ3n) is 4.67. The summed E-state index contributed by atoms with van der Waals surface area (Å²) in [5, 5.41) is 12.7. The number of benzene rings is 1. The summed E-state index contributed by atoms with van der Waals surface area (Å²) < 4.78 is 1.91. The van der Waals surface area contributed by atoms with Gasteiger partial charge < -0.3 is 4.90 Å². The van der Waals surface area contributed by atoms with E-state index in [0.717, 1.165) is 23.6 Å². The highest BCUT2D eigenvalue weighted by atomic mass is 32.2. The molecule has 25 heavy (non-hydrogen) atoms. The van der Waals surface area contributed by atoms with Crippen LogP contribution in [0.15, 0.2) is 35.5 Å². The number of amides is 1. The standard InChI is InChI=1S/C18H25N5OS/c1-3-22(13-15-9-5-4-6-10-15)17(24)14(2)25-18-19-20-21-23(18)16-11-7-8-12-16/h4-6,9-10,14,16H,3,7-8,11-13H2,1-2H3. The Morgan fingerprint density at radius 2 is 2.04 bits per heavy atom. The Balaban J connectivity index is 1.64. The maximum atomic E-state index is 12.9. The third kappa shape index (κ3) is 4.39. The van der Waals surface area contributed by atoms with Crippen molar-refractivity contribution in [1.29, 1.82) is 0 Å². The molecule has 1 amide bonds. The van der Waals surface area contributed by atoms with Crippen LogP contribution < -0.4 is 0 Å². The maximum Gasteiger partial charge on any atom is 0.236 e. The lowest BCUT2D eigenvalue weighted by atomic mass is 10.2. The third-order valence-corrected chi connectivity index (χ3v) is 5.71. The molecule has 1 aromatic heterocycles. The van der Waals surface area contributed by atoms with Crippen molar-refractivity contribution in [2.24, 2.45) is 0 Å². The number of carbonyl (C=O) groups is 1. The molecule has 2 aromatic rings. The Bertz CT molecular complexity index is 684. The van der Waals surface area contributed by atoms with Crippen LogP contribution in [0.25, 0.3) is 0 Å². The predicted molar refractivity (Wildman–Crippen MR) is 98.2 cm³/mol. The molecule has 0 N–H and O–H groups in total. The van der Waals surface area contributed by atoms with E-state index < -0.39 is 0 Å². The number of hydrogen-bond donors (Lipinski definition) is 0. The number of thioether (sulfide) groups is 1. The molecule has 1 fully saturated rings. The van der Waals surface area contributed by atoms with Gasteiger partial charge in [-0.15, -0.1) is 5.10 Å². The summed E-state index contributed by atoms with van der Waals surface area (Å²) in [7, 11) is 0. The first kappa shape index (κ1) is 17.9. The summed E-state index contributed by atoms with van der Waals surface area (Å²) in [6.45, 7) is 5.27. The lowest BCUT2D eigenvalue weighted by Gasteiger charge is -2.24. The van der Waals surface area contributed by atoms with Crippen molar-refractivity contribution in [2.45, 2.75) is 62.5 Å². The number of aromatic nitrogens is 4. The Labute approximate surface area is 153 Å². The minimum Gasteiger partial charge on any atom is -0.338 e. The highest BCUT2D eigenvalue weighted by Crippen LogP contribution is 2.32. The molecule has 1 aliphatic rings. The second-order valence-electron chi connectivity index (χ2n) is 6.44. The molecular weight excluding hydrogens is 334 g/mol. The molecule has 0 saturated heterocycles. The monoisotopic (exact) mass is 359 g/mol. The van der Waals surface area contributed by atoms with Crippen LogP contribution >= 0.6 is 11.8 Å². The average molecular weight is 359 g/mol. The van der Waals surface area contributed by atoms with Gasteiger partial charge in [-0.05, 0) is 42.7 Å². The molecular formula is C18H25N5OS. The van der Waals surface area contributed by atoms with Gasteiger partial charge in [0, 0.05) is 13.1 Å². The van der Waals surface area contributed by atoms with E-state index in [-0.39, 0.29) is 11.2 Å². The first-order valence-corrected chi connectivity index (χ1v) is 9.84. The number of tetrazole rings is 1. The Morgan fingerprint density at radius 1 is 1.32 bits per heavy atom. The summed E-state index contributed by atoms with van der Waals surface area (Å²) in [6.07, 6.45) is 4.69. The largest absolute Gasteiger partial charge is 0.338 e. The van der Waals surface area contributed by atoms with Crippen LogP contribution in [-0.2, 0) is 11.3 Å². The van der Waals surface area contributed by atoms with Crippen molar-refractivity contribution < 1.29 is 4.79 Å². The van der Waals surface area contributed by atoms with Crippen LogP contribution in [-0.4, -0.2) is 42.8 Å². The molecule has 0 bridgehead atoms. The summed E-state index contributed by atoms with van der Waals surface area (Å²) in [6, 6.07) is 10.5. The van der Waals surface area contributed by atoms with Crippen molar-refractivity contribution in [3.8, 4) is 0 Å². The van der Waals surface area contributed by atoms with Gasteiger partial charge in [-0.2, -0.15) is 0 Å². The summed E-state index contributed by atoms with van der Waals surface area (Å²) >= 11 is 1.46. The first-order valence-electron chi connectivity index (χ1n) is 8.96. The normalized spacial score (nSPS) is 16.1. The van der Waals surface area contributed by atoms with Crippen LogP contribution in [0.5, 0.6) is 0 Å². The van der Waals surface area contributed by atoms with Gasteiger partial charge in [0.25, 0.3) is 0 Å². The Kier molecular flexibility index (Phi) is 6.07. The zero-order chi connectivity index (χ0) is 17.6. The van der Waals surface area contributed by atoms with E-state index in [1.165, 1.54) is 24.6 Å². The van der Waals surface area contributed by atoms with E-state index in [1.807, 2.05) is 53.8 Å². The number of carbonyl (C=O) groups excluding carboxylic acids is 1. The zero-order valence-corrected chi connectivity index (χ0v) is 15.7. The molecule has 1 aromatic carbocycles. The highest BCUT2D eigenvalue weighted by Gasteiger charge is 2.26. The zero-order valence-electron chi connectivity index (χ0n) is 14.8. The summed E-state index contributed by atoms with van der Waals surface area (Å²) in [5.74, 6) is 0.123. The van der Waals surface area contributed by atoms with Gasteiger partial charge in [0.05, 0.1) is 11.3 Å². The molecule has 1 atom stereocenters. The second kappa shape index (κ2) is 8.47. The highest BCUT2D eigenvalue weighted by molar-refractivity contribution is 8.00. The van der Waals surface area contributed by atoms with Gasteiger partial charge >= 0.3 is 0 Å². The van der Waals surface area contributed by atoms with Crippen LogP contribution in [0.3, 0.4) is 0 Å². The number of hydrogen-bond acceptors (Lipinski definition) is 5. The molecule has 6 nitrogen and oxygen atoms in total. The summed E-state index contributed by atoms with van der Waals surface area (Å²) in [4.78, 5) is 14.8. The molecule has 0 radical (unpaired) electrons. The van der Waals surface area contributed by atoms with E-state index in [4.69, 9.17) is 0 Å². The Morgan fingerprint density at radius 3 is 2.72 bits per heavy atom. The topological polar surface area (TPSA) is 63.9 Å². The maximum absolute atomic E-state index is 12.9. The van der Waals surface area contributed by atoms with Crippen molar-refractivity contribution in [2.75, 3.05) is 6.54 Å². The molecule has 1 saturated carbocycles. The van der Waals surface area contributed by atoms with E-state index in [2.05, 4.69) is 15.5 Å². The molecule has 3 rings (SSSR count). The fraction of sp³-hybridized carbons (Fsp3) is 0.556.